The normalized spacial score (nSPS) is 14.2. The first kappa shape index (κ1) is 30.8. The Morgan fingerprint density at radius 1 is 1.00 bits per heavy atom. The average Bonchev–Trinajstić information content (AvgIpc) is 3.01. The highest BCUT2D eigenvalue weighted by Gasteiger charge is 2.33. The van der Waals surface area contributed by atoms with Crippen molar-refractivity contribution < 1.29 is 31.6 Å². The maximum Gasteiger partial charge on any atom is 0.322 e. The lowest BCUT2D eigenvalue weighted by Gasteiger charge is -2.28. The maximum absolute atomic E-state index is 14.2. The number of benzene rings is 3. The molecule has 1 saturated heterocycles. The van der Waals surface area contributed by atoms with Crippen molar-refractivity contribution in [3.05, 3.63) is 90.8 Å². The second kappa shape index (κ2) is 13.8. The van der Waals surface area contributed by atoms with Crippen LogP contribution < -0.4 is 14.5 Å². The van der Waals surface area contributed by atoms with Gasteiger partial charge in [-0.25, -0.2) is 18.7 Å². The molecule has 13 heteroatoms. The summed E-state index contributed by atoms with van der Waals surface area (Å²) in [5.41, 5.74) is 1.87. The third-order valence-corrected chi connectivity index (χ3v) is 8.97. The third kappa shape index (κ3) is 7.29. The van der Waals surface area contributed by atoms with Crippen molar-refractivity contribution in [2.75, 3.05) is 36.5 Å². The van der Waals surface area contributed by atoms with E-state index in [1.54, 1.807) is 6.07 Å². The lowest BCUT2D eigenvalue weighted by molar-refractivity contribution is -0.128. The summed E-state index contributed by atoms with van der Waals surface area (Å²) < 4.78 is 60.6. The summed E-state index contributed by atoms with van der Waals surface area (Å²) in [6.07, 6.45) is 4.87. The number of halogens is 2. The monoisotopic (exact) mass is 623 g/mol. The van der Waals surface area contributed by atoms with Gasteiger partial charge in [-0.15, -0.1) is 0 Å². The van der Waals surface area contributed by atoms with Crippen LogP contribution in [0.3, 0.4) is 0 Å². The first-order valence-corrected chi connectivity index (χ1v) is 15.4. The van der Waals surface area contributed by atoms with Gasteiger partial charge in [0.25, 0.3) is 0 Å². The van der Waals surface area contributed by atoms with Crippen LogP contribution in [0, 0.1) is 17.6 Å². The fourth-order valence-electron chi connectivity index (χ4n) is 4.92. The topological polar surface area (TPSA) is 114 Å². The Hall–Kier alpha value is -4.62. The molecule has 0 radical (unpaired) electrons. The van der Waals surface area contributed by atoms with E-state index in [1.165, 1.54) is 43.4 Å². The highest BCUT2D eigenvalue weighted by molar-refractivity contribution is 7.92. The molecule has 3 aromatic carbocycles. The van der Waals surface area contributed by atoms with Crippen LogP contribution in [0.4, 0.5) is 26.0 Å². The van der Waals surface area contributed by atoms with Crippen molar-refractivity contribution in [2.24, 2.45) is 5.92 Å². The van der Waals surface area contributed by atoms with Crippen molar-refractivity contribution >= 4 is 33.7 Å². The van der Waals surface area contributed by atoms with Crippen molar-refractivity contribution in [2.45, 2.75) is 24.2 Å². The number of hydrogen-bond acceptors (Lipinski definition) is 9. The number of nitrogens with zero attached hydrogens (tertiary/aromatic N) is 4. The minimum Gasteiger partial charge on any atom is -0.494 e. The van der Waals surface area contributed by atoms with E-state index in [-0.39, 0.29) is 16.6 Å². The average molecular weight is 624 g/mol. The molecular formula is C31H31F2N5O5S. The number of ether oxygens (including phenoxy) is 1. The van der Waals surface area contributed by atoms with Gasteiger partial charge >= 0.3 is 16.5 Å². The van der Waals surface area contributed by atoms with E-state index >= 15 is 0 Å². The van der Waals surface area contributed by atoms with Crippen molar-refractivity contribution in [3.8, 4) is 17.0 Å². The Kier molecular flexibility index (Phi) is 9.65. The van der Waals surface area contributed by atoms with Crippen LogP contribution in [0.25, 0.3) is 11.3 Å². The largest absolute Gasteiger partial charge is 0.494 e. The van der Waals surface area contributed by atoms with Crippen LogP contribution in [0.2, 0.25) is 0 Å². The second-order valence-corrected chi connectivity index (χ2v) is 12.0. The van der Waals surface area contributed by atoms with Crippen molar-refractivity contribution in [1.29, 1.82) is 0 Å². The fraction of sp³-hybridized carbons (Fsp3) is 0.258. The summed E-state index contributed by atoms with van der Waals surface area (Å²) in [7, 11) is -2.77. The molecule has 1 fully saturated rings. The van der Waals surface area contributed by atoms with Crippen LogP contribution in [-0.4, -0.2) is 56.5 Å². The van der Waals surface area contributed by atoms with Crippen LogP contribution >= 0.6 is 0 Å². The predicted molar refractivity (Wildman–Crippen MR) is 161 cm³/mol. The number of hydrogen-bond donors (Lipinski definition) is 1. The van der Waals surface area contributed by atoms with Gasteiger partial charge in [0.15, 0.2) is 4.90 Å². The van der Waals surface area contributed by atoms with Crippen LogP contribution in [0.5, 0.6) is 5.75 Å². The summed E-state index contributed by atoms with van der Waals surface area (Å²) in [6.45, 7) is 2.80. The van der Waals surface area contributed by atoms with E-state index < -0.39 is 26.6 Å². The van der Waals surface area contributed by atoms with Gasteiger partial charge in [-0.2, -0.15) is 8.42 Å². The van der Waals surface area contributed by atoms with Gasteiger partial charge < -0.3 is 19.8 Å². The van der Waals surface area contributed by atoms with E-state index in [0.29, 0.717) is 29.7 Å². The number of carbonyl (C=O) groups is 1. The molecule has 230 valence electrons. The summed E-state index contributed by atoms with van der Waals surface area (Å²) in [5, 5.41) is 3.10. The summed E-state index contributed by atoms with van der Waals surface area (Å²) in [6, 6.07) is 17.6. The van der Waals surface area contributed by atoms with E-state index in [2.05, 4.69) is 32.1 Å². The second-order valence-electron chi connectivity index (χ2n) is 10.4. The molecule has 44 heavy (non-hydrogen) atoms. The molecule has 0 spiro atoms. The molecular weight excluding hydrogens is 592 g/mol. The number of carbonyl (C=O) groups excluding carboxylic acids is 1. The Bertz CT molecular complexity index is 1660. The molecule has 4 aromatic rings. The Morgan fingerprint density at radius 2 is 1.68 bits per heavy atom. The van der Waals surface area contributed by atoms with Gasteiger partial charge in [-0.05, 0) is 106 Å². The summed E-state index contributed by atoms with van der Waals surface area (Å²) >= 11 is 0. The molecule has 5 rings (SSSR count). The number of aromatic nitrogens is 2. The van der Waals surface area contributed by atoms with Gasteiger partial charge in [0.1, 0.15) is 29.5 Å². The maximum atomic E-state index is 14.2. The molecule has 0 saturated carbocycles. The molecule has 0 atom stereocenters. The first-order valence-electron chi connectivity index (χ1n) is 14.0. The Labute approximate surface area is 254 Å². The van der Waals surface area contributed by atoms with Gasteiger partial charge in [0, 0.05) is 17.3 Å². The lowest BCUT2D eigenvalue weighted by Crippen LogP contribution is -2.32. The van der Waals surface area contributed by atoms with E-state index in [1.807, 2.05) is 24.3 Å². The van der Waals surface area contributed by atoms with Crippen LogP contribution in [0.15, 0.2) is 84.0 Å². The van der Waals surface area contributed by atoms with Gasteiger partial charge in [0.05, 0.1) is 18.0 Å². The molecule has 1 N–H and O–H groups in total. The fourth-order valence-corrected chi connectivity index (χ4v) is 6.26. The zero-order chi connectivity index (χ0) is 31.1. The van der Waals surface area contributed by atoms with Gasteiger partial charge in [-0.1, -0.05) is 10.5 Å². The molecule has 0 bridgehead atoms. The zero-order valence-corrected chi connectivity index (χ0v) is 24.7. The molecule has 0 aliphatic carbocycles. The lowest BCUT2D eigenvalue weighted by atomic mass is 9.94. The molecule has 1 aromatic heterocycles. The number of rotatable bonds is 12. The third-order valence-electron chi connectivity index (χ3n) is 7.33. The zero-order valence-electron chi connectivity index (χ0n) is 23.9. The van der Waals surface area contributed by atoms with Crippen molar-refractivity contribution in [1.82, 2.24) is 14.9 Å². The van der Waals surface area contributed by atoms with Crippen molar-refractivity contribution in [3.63, 3.8) is 0 Å². The summed E-state index contributed by atoms with van der Waals surface area (Å²) in [5.74, 6) is -0.696. The minimum atomic E-state index is -4.92. The number of anilines is 3. The number of piperidine rings is 1. The van der Waals surface area contributed by atoms with E-state index in [0.717, 1.165) is 49.0 Å². The number of likely N-dealkylation sites (tertiary alicyclic amines) is 1. The Balaban J connectivity index is 1.23. The summed E-state index contributed by atoms with van der Waals surface area (Å²) in [4.78, 5) is 25.4. The van der Waals surface area contributed by atoms with E-state index in [9.17, 15) is 22.0 Å². The number of sulfonamides is 1. The molecule has 0 unspecified atom stereocenters. The van der Waals surface area contributed by atoms with Crippen LogP contribution in [0.1, 0.15) is 19.3 Å². The van der Waals surface area contributed by atoms with E-state index in [4.69, 9.17) is 4.74 Å². The SMILES string of the molecule is CN1CCC(CCOc2ccc(-c3cc(Nc4ccc(N(OC=O)S(=O)(=O)c5c(F)cccc5F)cc4)ncn3)cc2)CC1. The molecule has 2 heterocycles. The smallest absolute Gasteiger partial charge is 0.322 e. The molecule has 1 aliphatic rings. The standard InChI is InChI=1S/C31H31F2N5O5S/c1-37-16-13-22(14-17-37)15-18-42-26-11-5-23(6-12-26)29-19-30(35-20-34-29)36-24-7-9-25(10-8-24)38(43-21-39)44(40,41)31-27(32)3-2-4-28(31)33/h2-12,19-22H,13-18H2,1H3,(H,34,35,36). The molecule has 10 nitrogen and oxygen atoms in total. The Morgan fingerprint density at radius 3 is 2.34 bits per heavy atom. The first-order chi connectivity index (χ1) is 21.2. The minimum absolute atomic E-state index is 0.149. The highest BCUT2D eigenvalue weighted by atomic mass is 32.2. The molecule has 1 aliphatic heterocycles. The number of nitrogens with one attached hydrogen (secondary N) is 1. The van der Waals surface area contributed by atoms with Crippen LogP contribution in [-0.2, 0) is 19.7 Å². The van der Waals surface area contributed by atoms with Gasteiger partial charge in [-0.3, -0.25) is 4.79 Å². The quantitative estimate of drug-likeness (QED) is 0.160. The molecule has 0 amide bonds. The highest BCUT2D eigenvalue weighted by Crippen LogP contribution is 2.30. The predicted octanol–water partition coefficient (Wildman–Crippen LogP) is 5.56. The van der Waals surface area contributed by atoms with Gasteiger partial charge in [0.2, 0.25) is 0 Å².